The van der Waals surface area contributed by atoms with Crippen molar-refractivity contribution in [3.8, 4) is 5.75 Å². The number of rotatable bonds is 5. The number of nitrogens with one attached hydrogen (secondary N) is 1. The van der Waals surface area contributed by atoms with Gasteiger partial charge in [0, 0.05) is 12.7 Å². The van der Waals surface area contributed by atoms with Crippen molar-refractivity contribution in [2.75, 3.05) is 12.4 Å². The van der Waals surface area contributed by atoms with Gasteiger partial charge in [-0.15, -0.1) is 0 Å². The molecule has 6 nitrogen and oxygen atoms in total. The molecule has 0 amide bonds. The Balaban J connectivity index is 2.14. The zero-order valence-corrected chi connectivity index (χ0v) is 11.4. The number of nitro groups is 1. The van der Waals surface area contributed by atoms with Crippen LogP contribution in [-0.4, -0.2) is 17.0 Å². The Morgan fingerprint density at radius 2 is 2.05 bits per heavy atom. The highest BCUT2D eigenvalue weighted by atomic mass is 35.5. The van der Waals surface area contributed by atoms with Crippen molar-refractivity contribution in [1.29, 1.82) is 0 Å². The van der Waals surface area contributed by atoms with E-state index in [1.807, 2.05) is 24.3 Å². The first-order chi connectivity index (χ1) is 9.61. The predicted octanol–water partition coefficient (Wildman–Crippen LogP) is 3.26. The van der Waals surface area contributed by atoms with Gasteiger partial charge < -0.3 is 10.1 Å². The van der Waals surface area contributed by atoms with Gasteiger partial charge >= 0.3 is 5.69 Å². The number of anilines is 1. The van der Waals surface area contributed by atoms with E-state index in [9.17, 15) is 10.1 Å². The van der Waals surface area contributed by atoms with Crippen LogP contribution in [0.5, 0.6) is 5.75 Å². The highest BCUT2D eigenvalue weighted by Crippen LogP contribution is 2.30. The number of hydrogen-bond acceptors (Lipinski definition) is 5. The number of aromatic nitrogens is 1. The van der Waals surface area contributed by atoms with Crippen molar-refractivity contribution in [2.24, 2.45) is 0 Å². The second kappa shape index (κ2) is 6.21. The molecule has 1 heterocycles. The fraction of sp³-hybridized carbons (Fsp3) is 0.154. The van der Waals surface area contributed by atoms with Crippen molar-refractivity contribution < 1.29 is 9.66 Å². The van der Waals surface area contributed by atoms with Crippen molar-refractivity contribution in [3.05, 3.63) is 57.4 Å². The van der Waals surface area contributed by atoms with Gasteiger partial charge in [-0.3, -0.25) is 10.1 Å². The predicted molar refractivity (Wildman–Crippen MR) is 76.2 cm³/mol. The number of ether oxygens (including phenoxy) is 1. The van der Waals surface area contributed by atoms with Crippen LogP contribution >= 0.6 is 11.6 Å². The lowest BCUT2D eigenvalue weighted by Crippen LogP contribution is -2.03. The molecule has 0 aliphatic heterocycles. The van der Waals surface area contributed by atoms with Crippen molar-refractivity contribution in [2.45, 2.75) is 6.54 Å². The van der Waals surface area contributed by atoms with Gasteiger partial charge in [0.25, 0.3) is 0 Å². The van der Waals surface area contributed by atoms with Gasteiger partial charge in [-0.05, 0) is 23.8 Å². The van der Waals surface area contributed by atoms with Crippen LogP contribution < -0.4 is 10.1 Å². The highest BCUT2D eigenvalue weighted by molar-refractivity contribution is 6.32. The molecule has 0 saturated heterocycles. The smallest absolute Gasteiger partial charge is 0.329 e. The van der Waals surface area contributed by atoms with Crippen LogP contribution in [0.25, 0.3) is 0 Å². The van der Waals surface area contributed by atoms with E-state index in [4.69, 9.17) is 16.3 Å². The second-order valence-corrected chi connectivity index (χ2v) is 4.31. The average molecular weight is 294 g/mol. The first kappa shape index (κ1) is 14.1. The summed E-state index contributed by atoms with van der Waals surface area (Å²) < 4.78 is 5.06. The van der Waals surface area contributed by atoms with Crippen LogP contribution in [0.1, 0.15) is 5.56 Å². The quantitative estimate of drug-likeness (QED) is 0.520. The Bertz CT molecular complexity index is 617. The largest absolute Gasteiger partial charge is 0.497 e. The molecule has 0 unspecified atom stereocenters. The highest BCUT2D eigenvalue weighted by Gasteiger charge is 2.19. The van der Waals surface area contributed by atoms with Gasteiger partial charge in [0.05, 0.1) is 12.0 Å². The zero-order valence-electron chi connectivity index (χ0n) is 10.7. The van der Waals surface area contributed by atoms with Crippen molar-refractivity contribution in [1.82, 2.24) is 4.98 Å². The van der Waals surface area contributed by atoms with Crippen LogP contribution in [0, 0.1) is 10.1 Å². The summed E-state index contributed by atoms with van der Waals surface area (Å²) in [5.41, 5.74) is 1.08. The Labute approximate surface area is 120 Å². The van der Waals surface area contributed by atoms with E-state index in [1.54, 1.807) is 7.11 Å². The normalized spacial score (nSPS) is 10.1. The van der Waals surface area contributed by atoms with Crippen molar-refractivity contribution >= 4 is 23.0 Å². The molecule has 0 aliphatic rings. The van der Waals surface area contributed by atoms with Crippen molar-refractivity contribution in [3.63, 3.8) is 0 Å². The topological polar surface area (TPSA) is 77.3 Å². The molecular formula is C13H12ClN3O3. The lowest BCUT2D eigenvalue weighted by atomic mass is 10.2. The van der Waals surface area contributed by atoms with Gasteiger partial charge in [-0.2, -0.15) is 0 Å². The standard InChI is InChI=1S/C13H12ClN3O3/c1-20-10-4-2-9(3-5-10)8-16-11-6-7-15-13(14)12(11)17(18)19/h2-7H,8H2,1H3,(H,15,16). The van der Waals surface area contributed by atoms with E-state index in [0.717, 1.165) is 11.3 Å². The summed E-state index contributed by atoms with van der Waals surface area (Å²) in [5.74, 6) is 0.756. The van der Waals surface area contributed by atoms with Gasteiger partial charge in [0.15, 0.2) is 0 Å². The van der Waals surface area contributed by atoms with Gasteiger partial charge in [0.2, 0.25) is 5.15 Å². The lowest BCUT2D eigenvalue weighted by Gasteiger charge is -2.08. The summed E-state index contributed by atoms with van der Waals surface area (Å²) in [6.07, 6.45) is 1.42. The van der Waals surface area contributed by atoms with E-state index in [2.05, 4.69) is 10.3 Å². The van der Waals surface area contributed by atoms with E-state index in [0.29, 0.717) is 12.2 Å². The monoisotopic (exact) mass is 293 g/mol. The number of methoxy groups -OCH3 is 1. The first-order valence-electron chi connectivity index (χ1n) is 5.77. The fourth-order valence-corrected chi connectivity index (χ4v) is 1.91. The third-order valence-electron chi connectivity index (χ3n) is 2.70. The fourth-order valence-electron chi connectivity index (χ4n) is 1.69. The summed E-state index contributed by atoms with van der Waals surface area (Å²) in [6.45, 7) is 0.436. The summed E-state index contributed by atoms with van der Waals surface area (Å²) in [6, 6.07) is 8.92. The van der Waals surface area contributed by atoms with E-state index in [-0.39, 0.29) is 10.8 Å². The summed E-state index contributed by atoms with van der Waals surface area (Å²) in [4.78, 5) is 14.1. The van der Waals surface area contributed by atoms with Gasteiger partial charge in [-0.1, -0.05) is 23.7 Å². The lowest BCUT2D eigenvalue weighted by molar-refractivity contribution is -0.384. The maximum absolute atomic E-state index is 11.0. The van der Waals surface area contributed by atoms with Crippen LogP contribution in [0.2, 0.25) is 5.15 Å². The molecule has 0 saturated carbocycles. The minimum atomic E-state index is -0.550. The maximum atomic E-state index is 11.0. The van der Waals surface area contributed by atoms with E-state index in [1.165, 1.54) is 12.3 Å². The summed E-state index contributed by atoms with van der Waals surface area (Å²) in [5, 5.41) is 13.8. The second-order valence-electron chi connectivity index (χ2n) is 3.96. The number of pyridine rings is 1. The molecule has 0 aliphatic carbocycles. The third kappa shape index (κ3) is 3.16. The number of halogens is 1. The molecule has 104 valence electrons. The Kier molecular flexibility index (Phi) is 4.37. The number of nitrogens with zero attached hydrogens (tertiary/aromatic N) is 2. The van der Waals surface area contributed by atoms with E-state index < -0.39 is 4.92 Å². The molecule has 1 aromatic heterocycles. The minimum Gasteiger partial charge on any atom is -0.497 e. The van der Waals surface area contributed by atoms with Crippen LogP contribution in [0.15, 0.2) is 36.5 Å². The zero-order chi connectivity index (χ0) is 14.5. The average Bonchev–Trinajstić information content (AvgIpc) is 2.45. The minimum absolute atomic E-state index is 0.130. The molecule has 2 rings (SSSR count). The first-order valence-corrected chi connectivity index (χ1v) is 6.15. The molecule has 0 fully saturated rings. The molecule has 20 heavy (non-hydrogen) atoms. The molecule has 0 radical (unpaired) electrons. The molecule has 1 N–H and O–H groups in total. The molecular weight excluding hydrogens is 282 g/mol. The molecule has 1 aromatic carbocycles. The van der Waals surface area contributed by atoms with Crippen LogP contribution in [0.3, 0.4) is 0 Å². The number of benzene rings is 1. The molecule has 0 spiro atoms. The molecule has 7 heteroatoms. The van der Waals surface area contributed by atoms with Gasteiger partial charge in [0.1, 0.15) is 11.4 Å². The number of hydrogen-bond donors (Lipinski definition) is 1. The van der Waals surface area contributed by atoms with Crippen LogP contribution in [-0.2, 0) is 6.54 Å². The van der Waals surface area contributed by atoms with Crippen LogP contribution in [0.4, 0.5) is 11.4 Å². The third-order valence-corrected chi connectivity index (χ3v) is 2.98. The van der Waals surface area contributed by atoms with Gasteiger partial charge in [-0.25, -0.2) is 4.98 Å². The Morgan fingerprint density at radius 1 is 1.35 bits per heavy atom. The molecule has 0 bridgehead atoms. The molecule has 0 atom stereocenters. The molecule has 2 aromatic rings. The maximum Gasteiger partial charge on any atom is 0.329 e. The Hall–Kier alpha value is -2.34. The summed E-state index contributed by atoms with van der Waals surface area (Å²) >= 11 is 5.74. The summed E-state index contributed by atoms with van der Waals surface area (Å²) in [7, 11) is 1.59. The SMILES string of the molecule is COc1ccc(CNc2ccnc(Cl)c2[N+](=O)[O-])cc1. The Morgan fingerprint density at radius 3 is 2.65 bits per heavy atom. The van der Waals surface area contributed by atoms with E-state index >= 15 is 0 Å².